The lowest BCUT2D eigenvalue weighted by molar-refractivity contribution is -0.243. The number of hydrogen-bond donors (Lipinski definition) is 2. The average molecular weight is 460 g/mol. The van der Waals surface area contributed by atoms with Gasteiger partial charge in [-0.05, 0) is 21.8 Å². The maximum atomic E-state index is 12.1. The third-order valence-corrected chi connectivity index (χ3v) is 5.93. The first kappa shape index (κ1) is 22.2. The van der Waals surface area contributed by atoms with Gasteiger partial charge in [-0.1, -0.05) is 91.0 Å². The van der Waals surface area contributed by atoms with E-state index in [-0.39, 0.29) is 11.4 Å². The Morgan fingerprint density at radius 3 is 1.82 bits per heavy atom. The van der Waals surface area contributed by atoms with Gasteiger partial charge in [0.15, 0.2) is 5.13 Å². The fraction of sp³-hybridized carbons (Fsp3) is 0.0800. The van der Waals surface area contributed by atoms with E-state index in [1.165, 1.54) is 18.4 Å². The van der Waals surface area contributed by atoms with Crippen molar-refractivity contribution < 1.29 is 19.8 Å². The van der Waals surface area contributed by atoms with Crippen molar-refractivity contribution in [1.29, 1.82) is 0 Å². The molecule has 0 fully saturated rings. The molecule has 0 spiro atoms. The van der Waals surface area contributed by atoms with Gasteiger partial charge in [-0.15, -0.1) is 11.3 Å². The van der Waals surface area contributed by atoms with Gasteiger partial charge in [-0.3, -0.25) is 0 Å². The average Bonchev–Trinajstić information content (AvgIpc) is 3.35. The summed E-state index contributed by atoms with van der Waals surface area (Å²) in [7, 11) is 1.21. The molecule has 7 nitrogen and oxygen atoms in total. The Morgan fingerprint density at radius 1 is 0.909 bits per heavy atom. The molecule has 0 aliphatic heterocycles. The SMILES string of the molecule is COC(=O)/C(=N\OO)c1csc(NC(c2ccccc2)(c2ccccc2)c2ccccc2)n1. The van der Waals surface area contributed by atoms with E-state index in [0.29, 0.717) is 5.13 Å². The van der Waals surface area contributed by atoms with Crippen LogP contribution in [0.1, 0.15) is 22.4 Å². The largest absolute Gasteiger partial charge is 0.464 e. The predicted octanol–water partition coefficient (Wildman–Crippen LogP) is 4.91. The highest BCUT2D eigenvalue weighted by Crippen LogP contribution is 2.40. The van der Waals surface area contributed by atoms with Crippen LogP contribution in [0.5, 0.6) is 0 Å². The zero-order valence-corrected chi connectivity index (χ0v) is 18.5. The normalized spacial score (nSPS) is 11.6. The Balaban J connectivity index is 1.88. The second-order valence-electron chi connectivity index (χ2n) is 7.02. The fourth-order valence-corrected chi connectivity index (χ4v) is 4.46. The van der Waals surface area contributed by atoms with E-state index in [1.54, 1.807) is 5.38 Å². The minimum atomic E-state index is -0.777. The Bertz CT molecular complexity index is 1130. The number of thiazole rings is 1. The zero-order valence-electron chi connectivity index (χ0n) is 17.7. The van der Waals surface area contributed by atoms with Gasteiger partial charge in [0.25, 0.3) is 0 Å². The number of esters is 1. The Morgan fingerprint density at radius 2 is 1.39 bits per heavy atom. The van der Waals surface area contributed by atoms with Crippen molar-refractivity contribution in [3.63, 3.8) is 0 Å². The minimum Gasteiger partial charge on any atom is -0.464 e. The molecule has 8 heteroatoms. The molecule has 0 bridgehead atoms. The monoisotopic (exact) mass is 459 g/mol. The molecule has 2 N–H and O–H groups in total. The molecule has 0 atom stereocenters. The number of oxime groups is 1. The molecule has 0 saturated heterocycles. The van der Waals surface area contributed by atoms with Gasteiger partial charge in [-0.2, -0.15) is 5.26 Å². The van der Waals surface area contributed by atoms with Crippen LogP contribution < -0.4 is 5.32 Å². The highest BCUT2D eigenvalue weighted by molar-refractivity contribution is 7.14. The molecule has 0 amide bonds. The standard InChI is InChI=1S/C25H21N3O4S/c1-31-23(29)22(28-32-30)21-17-33-24(26-21)27-25(18-11-5-2-6-12-18,19-13-7-3-8-14-19)20-15-9-4-10-16-20/h2-17,30H,1H3,(H,26,27)/b28-22-. The summed E-state index contributed by atoms with van der Waals surface area (Å²) in [5.74, 6) is -0.777. The molecule has 166 valence electrons. The van der Waals surface area contributed by atoms with E-state index in [0.717, 1.165) is 16.7 Å². The second-order valence-corrected chi connectivity index (χ2v) is 7.88. The van der Waals surface area contributed by atoms with Crippen molar-refractivity contribution in [2.75, 3.05) is 12.4 Å². The number of rotatable bonds is 8. The zero-order chi connectivity index (χ0) is 23.1. The van der Waals surface area contributed by atoms with E-state index < -0.39 is 11.5 Å². The summed E-state index contributed by atoms with van der Waals surface area (Å²) in [6.07, 6.45) is 0. The van der Waals surface area contributed by atoms with Gasteiger partial charge in [0.2, 0.25) is 5.71 Å². The number of benzene rings is 3. The van der Waals surface area contributed by atoms with Gasteiger partial charge < -0.3 is 10.1 Å². The smallest absolute Gasteiger partial charge is 0.362 e. The first-order chi connectivity index (χ1) is 16.2. The number of carbonyl (C=O) groups excluding carboxylic acids is 1. The Kier molecular flexibility index (Phi) is 6.77. The lowest BCUT2D eigenvalue weighted by atomic mass is 9.77. The highest BCUT2D eigenvalue weighted by atomic mass is 32.1. The number of anilines is 1. The van der Waals surface area contributed by atoms with Crippen LogP contribution in [0.4, 0.5) is 5.13 Å². The van der Waals surface area contributed by atoms with Gasteiger partial charge >= 0.3 is 5.97 Å². The molecule has 0 unspecified atom stereocenters. The van der Waals surface area contributed by atoms with Crippen molar-refractivity contribution in [3.05, 3.63) is 119 Å². The first-order valence-corrected chi connectivity index (χ1v) is 10.9. The van der Waals surface area contributed by atoms with Crippen molar-refractivity contribution in [1.82, 2.24) is 4.98 Å². The topological polar surface area (TPSA) is 93.0 Å². The summed E-state index contributed by atoms with van der Waals surface area (Å²) in [4.78, 5) is 20.4. The molecule has 0 radical (unpaired) electrons. The summed E-state index contributed by atoms with van der Waals surface area (Å²) in [5.41, 5.74) is 2.24. The van der Waals surface area contributed by atoms with Crippen LogP contribution in [0.3, 0.4) is 0 Å². The molecule has 4 rings (SSSR count). The summed E-state index contributed by atoms with van der Waals surface area (Å²) >= 11 is 1.29. The highest BCUT2D eigenvalue weighted by Gasteiger charge is 2.37. The molecule has 33 heavy (non-hydrogen) atoms. The second kappa shape index (κ2) is 10.1. The number of ether oxygens (including phenoxy) is 1. The van der Waals surface area contributed by atoms with Crippen molar-refractivity contribution >= 4 is 28.1 Å². The van der Waals surface area contributed by atoms with Crippen LogP contribution in [0, 0.1) is 0 Å². The maximum Gasteiger partial charge on any atom is 0.362 e. The molecule has 0 aliphatic carbocycles. The molecule has 1 aromatic heterocycles. The van der Waals surface area contributed by atoms with E-state index >= 15 is 0 Å². The van der Waals surface area contributed by atoms with Gasteiger partial charge in [0.1, 0.15) is 11.2 Å². The molecule has 0 saturated carbocycles. The van der Waals surface area contributed by atoms with Crippen LogP contribution in [-0.2, 0) is 20.1 Å². The molecule has 3 aromatic carbocycles. The fourth-order valence-electron chi connectivity index (χ4n) is 3.71. The minimum absolute atomic E-state index is 0.214. The van der Waals surface area contributed by atoms with E-state index in [9.17, 15) is 4.79 Å². The van der Waals surface area contributed by atoms with Gasteiger partial charge in [0, 0.05) is 5.38 Å². The van der Waals surface area contributed by atoms with Crippen LogP contribution in [0.25, 0.3) is 0 Å². The summed E-state index contributed by atoms with van der Waals surface area (Å²) in [6, 6.07) is 30.2. The number of methoxy groups -OCH3 is 1. The molecule has 4 aromatic rings. The van der Waals surface area contributed by atoms with Crippen LogP contribution in [0.15, 0.2) is 102 Å². The van der Waals surface area contributed by atoms with Crippen LogP contribution >= 0.6 is 11.3 Å². The van der Waals surface area contributed by atoms with Crippen molar-refractivity contribution in [2.24, 2.45) is 5.16 Å². The molecule has 1 heterocycles. The summed E-state index contributed by atoms with van der Waals surface area (Å²) in [5, 5.41) is 17.9. The number of aromatic nitrogens is 1. The maximum absolute atomic E-state index is 12.1. The van der Waals surface area contributed by atoms with Gasteiger partial charge in [-0.25, -0.2) is 14.8 Å². The third-order valence-electron chi connectivity index (χ3n) is 5.17. The number of nitrogens with zero attached hydrogens (tertiary/aromatic N) is 2. The Labute approximate surface area is 194 Å². The van der Waals surface area contributed by atoms with E-state index in [1.807, 2.05) is 54.6 Å². The number of carbonyl (C=O) groups is 1. The molecular weight excluding hydrogens is 438 g/mol. The van der Waals surface area contributed by atoms with Crippen molar-refractivity contribution in [3.8, 4) is 0 Å². The number of nitrogens with one attached hydrogen (secondary N) is 1. The Hall–Kier alpha value is -4.01. The van der Waals surface area contributed by atoms with Gasteiger partial charge in [0.05, 0.1) is 7.11 Å². The molecular formula is C25H21N3O4S. The number of hydrogen-bond acceptors (Lipinski definition) is 8. The van der Waals surface area contributed by atoms with E-state index in [2.05, 4.69) is 56.8 Å². The third kappa shape index (κ3) is 4.48. The summed E-state index contributed by atoms with van der Waals surface area (Å²) < 4.78 is 4.72. The first-order valence-electron chi connectivity index (χ1n) is 10.1. The van der Waals surface area contributed by atoms with Crippen molar-refractivity contribution in [2.45, 2.75) is 5.54 Å². The van der Waals surface area contributed by atoms with Crippen LogP contribution in [-0.4, -0.2) is 29.0 Å². The van der Waals surface area contributed by atoms with Crippen LogP contribution in [0.2, 0.25) is 0 Å². The predicted molar refractivity (Wildman–Crippen MR) is 127 cm³/mol. The lowest BCUT2D eigenvalue weighted by Gasteiger charge is -2.36. The molecule has 0 aliphatic rings. The lowest BCUT2D eigenvalue weighted by Crippen LogP contribution is -2.38. The quantitative estimate of drug-likeness (QED) is 0.128. The van der Waals surface area contributed by atoms with E-state index in [4.69, 9.17) is 9.99 Å². The summed E-state index contributed by atoms with van der Waals surface area (Å²) in [6.45, 7) is 0.